The fourth-order valence-corrected chi connectivity index (χ4v) is 3.96. The Morgan fingerprint density at radius 3 is 2.63 bits per heavy atom. The zero-order chi connectivity index (χ0) is 18.8. The first-order valence-electron chi connectivity index (χ1n) is 9.39. The fourth-order valence-electron chi connectivity index (χ4n) is 3.96. The average Bonchev–Trinajstić information content (AvgIpc) is 3.11. The van der Waals surface area contributed by atoms with Gasteiger partial charge in [0.05, 0.1) is 11.6 Å². The number of anilines is 2. The van der Waals surface area contributed by atoms with Crippen molar-refractivity contribution in [1.29, 1.82) is 0 Å². The Morgan fingerprint density at radius 1 is 1.07 bits per heavy atom. The van der Waals surface area contributed by atoms with Crippen molar-refractivity contribution in [3.05, 3.63) is 59.7 Å². The standard InChI is InChI=1S/C21H23F2N3O/c22-15-5-6-20(18(23)13-15)26-11-9-25(10-12-26)8-7-21(27)17-14-24-19-4-2-1-3-16(17)19/h1-6,13,17,24H,7-12,14H2. The van der Waals surface area contributed by atoms with E-state index in [4.69, 9.17) is 0 Å². The van der Waals surface area contributed by atoms with Crippen LogP contribution in [0.4, 0.5) is 20.2 Å². The molecule has 6 heteroatoms. The van der Waals surface area contributed by atoms with Crippen molar-refractivity contribution in [3.8, 4) is 0 Å². The van der Waals surface area contributed by atoms with Gasteiger partial charge in [-0.3, -0.25) is 9.69 Å². The average molecular weight is 371 g/mol. The minimum absolute atomic E-state index is 0.0594. The van der Waals surface area contributed by atoms with Gasteiger partial charge >= 0.3 is 0 Å². The number of carbonyl (C=O) groups is 1. The van der Waals surface area contributed by atoms with Crippen LogP contribution in [0, 0.1) is 11.6 Å². The highest BCUT2D eigenvalue weighted by Crippen LogP contribution is 2.32. The maximum atomic E-state index is 13.9. The largest absolute Gasteiger partial charge is 0.384 e. The smallest absolute Gasteiger partial charge is 0.149 e. The van der Waals surface area contributed by atoms with Crippen LogP contribution in [0.2, 0.25) is 0 Å². The number of ketones is 1. The van der Waals surface area contributed by atoms with Crippen molar-refractivity contribution < 1.29 is 13.6 Å². The van der Waals surface area contributed by atoms with E-state index in [0.717, 1.165) is 37.0 Å². The lowest BCUT2D eigenvalue weighted by atomic mass is 9.95. The quantitative estimate of drug-likeness (QED) is 0.875. The molecule has 2 aromatic carbocycles. The van der Waals surface area contributed by atoms with Crippen molar-refractivity contribution in [2.24, 2.45) is 0 Å². The number of benzene rings is 2. The molecule has 0 aromatic heterocycles. The number of hydrogen-bond acceptors (Lipinski definition) is 4. The van der Waals surface area contributed by atoms with Crippen molar-refractivity contribution in [2.75, 3.05) is 49.5 Å². The van der Waals surface area contributed by atoms with Gasteiger partial charge in [0.15, 0.2) is 0 Å². The molecule has 4 nitrogen and oxygen atoms in total. The summed E-state index contributed by atoms with van der Waals surface area (Å²) in [4.78, 5) is 16.8. The number of para-hydroxylation sites is 1. The van der Waals surface area contributed by atoms with Crippen LogP contribution in [-0.4, -0.2) is 50.0 Å². The normalized spacial score (nSPS) is 19.6. The van der Waals surface area contributed by atoms with E-state index in [1.165, 1.54) is 12.1 Å². The molecule has 1 saturated heterocycles. The van der Waals surface area contributed by atoms with E-state index in [2.05, 4.69) is 10.2 Å². The van der Waals surface area contributed by atoms with E-state index in [1.54, 1.807) is 0 Å². The molecule has 2 heterocycles. The molecule has 0 aliphatic carbocycles. The topological polar surface area (TPSA) is 35.6 Å². The predicted octanol–water partition coefficient (Wildman–Crippen LogP) is 3.26. The van der Waals surface area contributed by atoms with E-state index in [0.29, 0.717) is 31.7 Å². The third-order valence-electron chi connectivity index (χ3n) is 5.52. The zero-order valence-corrected chi connectivity index (χ0v) is 15.1. The zero-order valence-electron chi connectivity index (χ0n) is 15.1. The SMILES string of the molecule is O=C(CCN1CCN(c2ccc(F)cc2F)CC1)C1CNc2ccccc21. The summed E-state index contributed by atoms with van der Waals surface area (Å²) in [7, 11) is 0. The van der Waals surface area contributed by atoms with Gasteiger partial charge in [0.2, 0.25) is 0 Å². The third kappa shape index (κ3) is 3.81. The van der Waals surface area contributed by atoms with Gasteiger partial charge in [0.1, 0.15) is 17.4 Å². The van der Waals surface area contributed by atoms with Crippen LogP contribution < -0.4 is 10.2 Å². The number of piperazine rings is 1. The molecule has 4 rings (SSSR count). The van der Waals surface area contributed by atoms with Crippen molar-refractivity contribution in [2.45, 2.75) is 12.3 Å². The van der Waals surface area contributed by atoms with E-state index >= 15 is 0 Å². The van der Waals surface area contributed by atoms with Crippen LogP contribution in [0.15, 0.2) is 42.5 Å². The van der Waals surface area contributed by atoms with E-state index in [-0.39, 0.29) is 11.7 Å². The molecule has 27 heavy (non-hydrogen) atoms. The van der Waals surface area contributed by atoms with Gasteiger partial charge in [-0.05, 0) is 23.8 Å². The highest BCUT2D eigenvalue weighted by Gasteiger charge is 2.28. The number of carbonyl (C=O) groups excluding carboxylic acids is 1. The van der Waals surface area contributed by atoms with Gasteiger partial charge in [-0.2, -0.15) is 0 Å². The Balaban J connectivity index is 1.28. The molecule has 2 aromatic rings. The lowest BCUT2D eigenvalue weighted by molar-refractivity contribution is -0.120. The van der Waals surface area contributed by atoms with Crippen LogP contribution in [0.1, 0.15) is 17.9 Å². The second kappa shape index (κ2) is 7.64. The summed E-state index contributed by atoms with van der Waals surface area (Å²) in [6, 6.07) is 11.7. The molecule has 0 amide bonds. The Morgan fingerprint density at radius 2 is 1.85 bits per heavy atom. The number of rotatable bonds is 5. The van der Waals surface area contributed by atoms with Crippen LogP contribution >= 0.6 is 0 Å². The van der Waals surface area contributed by atoms with Crippen molar-refractivity contribution >= 4 is 17.2 Å². The summed E-state index contributed by atoms with van der Waals surface area (Å²) in [5.41, 5.74) is 2.60. The second-order valence-corrected chi connectivity index (χ2v) is 7.16. The Labute approximate surface area is 157 Å². The lowest BCUT2D eigenvalue weighted by Crippen LogP contribution is -2.47. The highest BCUT2D eigenvalue weighted by atomic mass is 19.1. The van der Waals surface area contributed by atoms with Gasteiger partial charge in [0.25, 0.3) is 0 Å². The first-order valence-corrected chi connectivity index (χ1v) is 9.39. The number of nitrogens with one attached hydrogen (secondary N) is 1. The van der Waals surface area contributed by atoms with Crippen LogP contribution in [-0.2, 0) is 4.79 Å². The van der Waals surface area contributed by atoms with Crippen molar-refractivity contribution in [3.63, 3.8) is 0 Å². The first-order chi connectivity index (χ1) is 13.1. The molecule has 0 spiro atoms. The van der Waals surface area contributed by atoms with Gasteiger partial charge < -0.3 is 10.2 Å². The molecule has 1 fully saturated rings. The van der Waals surface area contributed by atoms with Gasteiger partial charge in [-0.1, -0.05) is 18.2 Å². The van der Waals surface area contributed by atoms with Gasteiger partial charge in [-0.15, -0.1) is 0 Å². The number of halogens is 2. The molecular formula is C21H23F2N3O. The van der Waals surface area contributed by atoms with E-state index in [9.17, 15) is 13.6 Å². The molecule has 2 aliphatic rings. The number of Topliss-reactive ketones (excluding diaryl/α,β-unsaturated/α-hetero) is 1. The van der Waals surface area contributed by atoms with Gasteiger partial charge in [-0.25, -0.2) is 8.78 Å². The minimum atomic E-state index is -0.559. The summed E-state index contributed by atoms with van der Waals surface area (Å²) in [6.07, 6.45) is 0.519. The van der Waals surface area contributed by atoms with Crippen LogP contribution in [0.25, 0.3) is 0 Å². The molecule has 0 radical (unpaired) electrons. The van der Waals surface area contributed by atoms with Crippen LogP contribution in [0.3, 0.4) is 0 Å². The molecule has 1 atom stereocenters. The second-order valence-electron chi connectivity index (χ2n) is 7.16. The summed E-state index contributed by atoms with van der Waals surface area (Å²) in [5, 5.41) is 3.30. The lowest BCUT2D eigenvalue weighted by Gasteiger charge is -2.36. The Bertz CT molecular complexity index is 834. The Kier molecular flexibility index (Phi) is 5.07. The van der Waals surface area contributed by atoms with E-state index in [1.807, 2.05) is 29.2 Å². The molecule has 142 valence electrons. The van der Waals surface area contributed by atoms with E-state index < -0.39 is 11.6 Å². The number of fused-ring (bicyclic) bond motifs is 1. The summed E-state index contributed by atoms with van der Waals surface area (Å²) in [5.74, 6) is -0.877. The first kappa shape index (κ1) is 17.9. The van der Waals surface area contributed by atoms with Crippen molar-refractivity contribution in [1.82, 2.24) is 4.90 Å². The summed E-state index contributed by atoms with van der Waals surface area (Å²) in [6.45, 7) is 4.27. The third-order valence-corrected chi connectivity index (χ3v) is 5.52. The Hall–Kier alpha value is -2.47. The summed E-state index contributed by atoms with van der Waals surface area (Å²) < 4.78 is 27.0. The molecule has 2 aliphatic heterocycles. The van der Waals surface area contributed by atoms with Gasteiger partial charge in [0, 0.05) is 57.4 Å². The predicted molar refractivity (Wildman–Crippen MR) is 102 cm³/mol. The molecule has 1 unspecified atom stereocenters. The highest BCUT2D eigenvalue weighted by molar-refractivity contribution is 5.90. The maximum absolute atomic E-state index is 13.9. The monoisotopic (exact) mass is 371 g/mol. The molecule has 0 saturated carbocycles. The number of nitrogens with zero attached hydrogens (tertiary/aromatic N) is 2. The maximum Gasteiger partial charge on any atom is 0.149 e. The summed E-state index contributed by atoms with van der Waals surface area (Å²) >= 11 is 0. The molecule has 1 N–H and O–H groups in total. The minimum Gasteiger partial charge on any atom is -0.384 e. The van der Waals surface area contributed by atoms with Crippen LogP contribution in [0.5, 0.6) is 0 Å². The molecule has 0 bridgehead atoms. The number of hydrogen-bond donors (Lipinski definition) is 1. The fraction of sp³-hybridized carbons (Fsp3) is 0.381. The molecular weight excluding hydrogens is 348 g/mol.